The maximum Gasteiger partial charge on any atom is 0.271 e. The summed E-state index contributed by atoms with van der Waals surface area (Å²) in [5.74, 6) is -0.284. The Morgan fingerprint density at radius 2 is 2.00 bits per heavy atom. The van der Waals surface area contributed by atoms with Crippen LogP contribution < -0.4 is 11.1 Å². The number of nitrogens with one attached hydrogen (secondary N) is 1. The molecule has 0 fully saturated rings. The Morgan fingerprint density at radius 1 is 1.38 bits per heavy atom. The van der Waals surface area contributed by atoms with E-state index in [1.165, 1.54) is 23.5 Å². The first-order valence-electron chi connectivity index (χ1n) is 7.05. The molecule has 1 aromatic carbocycles. The minimum absolute atomic E-state index is 0. The number of rotatable bonds is 6. The summed E-state index contributed by atoms with van der Waals surface area (Å²) in [4.78, 5) is 26.8. The summed E-state index contributed by atoms with van der Waals surface area (Å²) in [6.45, 7) is 4.15. The summed E-state index contributed by atoms with van der Waals surface area (Å²) in [5.41, 5.74) is 5.94. The highest BCUT2D eigenvalue weighted by atomic mass is 35.5. The number of nitro benzene ring substituents is 1. The highest BCUT2D eigenvalue weighted by Crippen LogP contribution is 2.23. The van der Waals surface area contributed by atoms with Crippen molar-refractivity contribution in [1.29, 1.82) is 0 Å². The highest BCUT2D eigenvalue weighted by Gasteiger charge is 2.25. The van der Waals surface area contributed by atoms with Crippen molar-refractivity contribution in [3.8, 4) is 0 Å². The summed E-state index contributed by atoms with van der Waals surface area (Å²) in [7, 11) is 0. The van der Waals surface area contributed by atoms with Gasteiger partial charge in [-0.05, 0) is 38.1 Å². The number of nitro groups is 1. The molecule has 0 aliphatic carbocycles. The van der Waals surface area contributed by atoms with Crippen LogP contribution in [0.1, 0.15) is 34.9 Å². The van der Waals surface area contributed by atoms with Crippen molar-refractivity contribution in [3.63, 3.8) is 0 Å². The van der Waals surface area contributed by atoms with Crippen LogP contribution in [0.4, 0.5) is 5.69 Å². The molecule has 0 atom stereocenters. The second-order valence-electron chi connectivity index (χ2n) is 5.55. The Balaban J connectivity index is 0.00000288. The number of hydrogen-bond acceptors (Lipinski definition) is 6. The number of halogens is 1. The van der Waals surface area contributed by atoms with Crippen molar-refractivity contribution >= 4 is 35.3 Å². The number of nitrogens with two attached hydrogens (primary N) is 1. The third-order valence-electron chi connectivity index (χ3n) is 3.37. The summed E-state index contributed by atoms with van der Waals surface area (Å²) in [6.07, 6.45) is 0.643. The number of thiazole rings is 1. The van der Waals surface area contributed by atoms with E-state index in [4.69, 9.17) is 5.73 Å². The van der Waals surface area contributed by atoms with Gasteiger partial charge >= 0.3 is 0 Å². The van der Waals surface area contributed by atoms with Gasteiger partial charge in [-0.2, -0.15) is 0 Å². The van der Waals surface area contributed by atoms with Crippen molar-refractivity contribution in [1.82, 2.24) is 10.3 Å². The maximum atomic E-state index is 12.3. The molecule has 24 heavy (non-hydrogen) atoms. The molecule has 7 nitrogen and oxygen atoms in total. The van der Waals surface area contributed by atoms with Crippen molar-refractivity contribution in [2.75, 3.05) is 6.54 Å². The van der Waals surface area contributed by atoms with E-state index >= 15 is 0 Å². The molecule has 0 saturated carbocycles. The summed E-state index contributed by atoms with van der Waals surface area (Å²) in [5, 5.41) is 16.1. The summed E-state index contributed by atoms with van der Waals surface area (Å²) < 4.78 is 0. The molecule has 0 spiro atoms. The number of benzene rings is 1. The zero-order chi connectivity index (χ0) is 17.0. The number of amides is 1. The van der Waals surface area contributed by atoms with E-state index in [9.17, 15) is 14.9 Å². The van der Waals surface area contributed by atoms with Crippen LogP contribution in [0.3, 0.4) is 0 Å². The van der Waals surface area contributed by atoms with Gasteiger partial charge in [-0.3, -0.25) is 14.9 Å². The van der Waals surface area contributed by atoms with Crippen LogP contribution in [-0.4, -0.2) is 22.4 Å². The van der Waals surface area contributed by atoms with Crippen molar-refractivity contribution in [2.45, 2.75) is 25.8 Å². The molecule has 130 valence electrons. The van der Waals surface area contributed by atoms with Crippen LogP contribution >= 0.6 is 23.7 Å². The number of hydrogen-bond donors (Lipinski definition) is 2. The topological polar surface area (TPSA) is 111 Å². The minimum Gasteiger partial charge on any atom is -0.342 e. The molecule has 1 amide bonds. The quantitative estimate of drug-likeness (QED) is 0.599. The van der Waals surface area contributed by atoms with E-state index < -0.39 is 10.5 Å². The standard InChI is InChI=1S/C15H18N4O3S.ClH/c1-15(2,10-3-5-11(6-4-10)19(21)22)18-14(20)12-9-23-13(17-12)7-8-16;/h3-6,9H,7-8,16H2,1-2H3,(H,18,20);1H. The fourth-order valence-electron chi connectivity index (χ4n) is 2.07. The van der Waals surface area contributed by atoms with E-state index in [2.05, 4.69) is 10.3 Å². The molecular formula is C15H19ClN4O3S. The zero-order valence-corrected chi connectivity index (χ0v) is 14.9. The lowest BCUT2D eigenvalue weighted by atomic mass is 9.94. The SMILES string of the molecule is CC(C)(NC(=O)c1csc(CCN)n1)c1ccc([N+](=O)[O-])cc1.Cl. The first-order valence-corrected chi connectivity index (χ1v) is 7.93. The lowest BCUT2D eigenvalue weighted by molar-refractivity contribution is -0.384. The fourth-order valence-corrected chi connectivity index (χ4v) is 2.87. The Hall–Kier alpha value is -2.03. The van der Waals surface area contributed by atoms with Crippen molar-refractivity contribution < 1.29 is 9.72 Å². The van der Waals surface area contributed by atoms with Gasteiger partial charge in [0.05, 0.1) is 15.5 Å². The molecule has 0 aliphatic heterocycles. The highest BCUT2D eigenvalue weighted by molar-refractivity contribution is 7.09. The van der Waals surface area contributed by atoms with Gasteiger partial charge in [-0.15, -0.1) is 23.7 Å². The maximum absolute atomic E-state index is 12.3. The average molecular weight is 371 g/mol. The largest absolute Gasteiger partial charge is 0.342 e. The average Bonchev–Trinajstić information content (AvgIpc) is 2.96. The van der Waals surface area contributed by atoms with Crippen molar-refractivity contribution in [2.24, 2.45) is 5.73 Å². The van der Waals surface area contributed by atoms with Gasteiger partial charge in [0.15, 0.2) is 0 Å². The van der Waals surface area contributed by atoms with Gasteiger partial charge in [-0.1, -0.05) is 0 Å². The second-order valence-corrected chi connectivity index (χ2v) is 6.49. The number of nitrogens with zero attached hydrogens (tertiary/aromatic N) is 2. The van der Waals surface area contributed by atoms with Gasteiger partial charge in [-0.25, -0.2) is 4.98 Å². The van der Waals surface area contributed by atoms with Crippen LogP contribution in [0.15, 0.2) is 29.6 Å². The predicted octanol–water partition coefficient (Wildman–Crippen LogP) is 2.64. The molecule has 0 unspecified atom stereocenters. The number of carbonyl (C=O) groups excluding carboxylic acids is 1. The monoisotopic (exact) mass is 370 g/mol. The smallest absolute Gasteiger partial charge is 0.271 e. The molecule has 1 aromatic heterocycles. The first kappa shape index (κ1) is 20.0. The predicted molar refractivity (Wildman–Crippen MR) is 95.7 cm³/mol. The van der Waals surface area contributed by atoms with Crippen LogP contribution in [0.5, 0.6) is 0 Å². The molecular weight excluding hydrogens is 352 g/mol. The number of carbonyl (C=O) groups is 1. The third kappa shape index (κ3) is 4.73. The van der Waals surface area contributed by atoms with Crippen LogP contribution in [0, 0.1) is 10.1 Å². The van der Waals surface area contributed by atoms with Gasteiger partial charge in [0, 0.05) is 23.9 Å². The van der Waals surface area contributed by atoms with E-state index in [0.717, 1.165) is 10.6 Å². The third-order valence-corrected chi connectivity index (χ3v) is 4.28. The van der Waals surface area contributed by atoms with Crippen LogP contribution in [0.2, 0.25) is 0 Å². The van der Waals surface area contributed by atoms with Crippen LogP contribution in [0.25, 0.3) is 0 Å². The lowest BCUT2D eigenvalue weighted by Crippen LogP contribution is -2.41. The summed E-state index contributed by atoms with van der Waals surface area (Å²) in [6, 6.07) is 6.12. The van der Waals surface area contributed by atoms with E-state index in [1.807, 2.05) is 13.8 Å². The molecule has 1 heterocycles. The minimum atomic E-state index is -0.677. The van der Waals surface area contributed by atoms with Crippen LogP contribution in [-0.2, 0) is 12.0 Å². The molecule has 9 heteroatoms. The first-order chi connectivity index (χ1) is 10.8. The van der Waals surface area contributed by atoms with Crippen molar-refractivity contribution in [3.05, 3.63) is 56.0 Å². The molecule has 0 radical (unpaired) electrons. The van der Waals surface area contributed by atoms with E-state index in [-0.39, 0.29) is 24.0 Å². The molecule has 2 rings (SSSR count). The zero-order valence-electron chi connectivity index (χ0n) is 13.3. The Morgan fingerprint density at radius 3 is 2.54 bits per heavy atom. The Bertz CT molecular complexity index is 716. The number of aromatic nitrogens is 1. The normalized spacial score (nSPS) is 10.8. The fraction of sp³-hybridized carbons (Fsp3) is 0.333. The van der Waals surface area contributed by atoms with Gasteiger partial charge < -0.3 is 11.1 Å². The van der Waals surface area contributed by atoms with Gasteiger partial charge in [0.25, 0.3) is 11.6 Å². The molecule has 2 aromatic rings. The Labute approximate surface area is 149 Å². The second kappa shape index (κ2) is 8.18. The molecule has 3 N–H and O–H groups in total. The molecule has 0 bridgehead atoms. The molecule has 0 saturated heterocycles. The van der Waals surface area contributed by atoms with E-state index in [1.54, 1.807) is 17.5 Å². The number of non-ortho nitro benzene ring substituents is 1. The van der Waals surface area contributed by atoms with E-state index in [0.29, 0.717) is 18.7 Å². The summed E-state index contributed by atoms with van der Waals surface area (Å²) >= 11 is 1.40. The Kier molecular flexibility index (Phi) is 6.82. The van der Waals surface area contributed by atoms with Gasteiger partial charge in [0.1, 0.15) is 5.69 Å². The lowest BCUT2D eigenvalue weighted by Gasteiger charge is -2.26. The van der Waals surface area contributed by atoms with Gasteiger partial charge in [0.2, 0.25) is 0 Å². The molecule has 0 aliphatic rings.